The lowest BCUT2D eigenvalue weighted by Gasteiger charge is -2.30. The molecule has 4 rings (SSSR count). The van der Waals surface area contributed by atoms with E-state index in [0.717, 1.165) is 17.9 Å². The van der Waals surface area contributed by atoms with E-state index in [1.165, 1.54) is 42.4 Å². The molecule has 0 N–H and O–H groups in total. The van der Waals surface area contributed by atoms with E-state index in [1.54, 1.807) is 0 Å². The van der Waals surface area contributed by atoms with E-state index in [9.17, 15) is 0 Å². The Kier molecular flexibility index (Phi) is 7.30. The highest BCUT2D eigenvalue weighted by atomic mass is 16.5. The maximum absolute atomic E-state index is 6.03. The molecule has 0 spiro atoms. The van der Waals surface area contributed by atoms with Crippen LogP contribution in [0, 0.1) is 19.8 Å². The molecule has 2 nitrogen and oxygen atoms in total. The summed E-state index contributed by atoms with van der Waals surface area (Å²) < 4.78 is 12.0. The van der Waals surface area contributed by atoms with Crippen LogP contribution in [0.25, 0.3) is 0 Å². The van der Waals surface area contributed by atoms with Gasteiger partial charge in [0.25, 0.3) is 0 Å². The molecule has 3 aromatic carbocycles. The van der Waals surface area contributed by atoms with Crippen molar-refractivity contribution in [2.45, 2.75) is 57.7 Å². The number of ether oxygens (including phenoxy) is 2. The monoisotopic (exact) mass is 413 g/mol. The third kappa shape index (κ3) is 6.37. The summed E-state index contributed by atoms with van der Waals surface area (Å²) >= 11 is 0. The topological polar surface area (TPSA) is 18.5 Å². The zero-order valence-corrected chi connectivity index (χ0v) is 18.5. The number of aryl methyl sites for hydroxylation is 1. The molecule has 1 fully saturated rings. The van der Waals surface area contributed by atoms with Crippen molar-refractivity contribution < 1.29 is 9.47 Å². The molecule has 1 aliphatic rings. The Labute approximate surface area is 187 Å². The van der Waals surface area contributed by atoms with Crippen LogP contribution in [0.4, 0.5) is 0 Å². The minimum atomic E-state index is 0.0188. The van der Waals surface area contributed by atoms with Crippen molar-refractivity contribution in [3.63, 3.8) is 0 Å². The van der Waals surface area contributed by atoms with Gasteiger partial charge in [0.15, 0.2) is 0 Å². The zero-order valence-electron chi connectivity index (χ0n) is 18.5. The summed E-state index contributed by atoms with van der Waals surface area (Å²) in [6.07, 6.45) is 6.04. The van der Waals surface area contributed by atoms with E-state index in [-0.39, 0.29) is 6.10 Å². The van der Waals surface area contributed by atoms with E-state index in [4.69, 9.17) is 9.47 Å². The second-order valence-corrected chi connectivity index (χ2v) is 8.85. The molecule has 0 amide bonds. The lowest BCUT2D eigenvalue weighted by molar-refractivity contribution is 0.184. The van der Waals surface area contributed by atoms with Crippen LogP contribution in [-0.4, -0.2) is 6.10 Å². The lowest BCUT2D eigenvalue weighted by atomic mass is 9.77. The first kappa shape index (κ1) is 21.5. The molecule has 0 aliphatic heterocycles. The Balaban J connectivity index is 1.21. The molecule has 161 valence electrons. The predicted molar refractivity (Wildman–Crippen MR) is 127 cm³/mol. The van der Waals surface area contributed by atoms with Crippen molar-refractivity contribution in [3.05, 3.63) is 102 Å². The maximum Gasteiger partial charge on any atom is 0.119 e. The van der Waals surface area contributed by atoms with Crippen LogP contribution < -0.4 is 9.47 Å². The molecular formula is C29H33O2. The van der Waals surface area contributed by atoms with E-state index in [2.05, 4.69) is 62.4 Å². The quantitative estimate of drug-likeness (QED) is 0.380. The third-order valence-corrected chi connectivity index (χ3v) is 6.37. The summed E-state index contributed by atoms with van der Waals surface area (Å²) in [5.74, 6) is 3.22. The van der Waals surface area contributed by atoms with Crippen molar-refractivity contribution in [3.8, 4) is 11.5 Å². The lowest BCUT2D eigenvalue weighted by Crippen LogP contribution is -2.21. The summed E-state index contributed by atoms with van der Waals surface area (Å²) in [5.41, 5.74) is 3.88. The summed E-state index contributed by atoms with van der Waals surface area (Å²) in [6, 6.07) is 27.3. The Morgan fingerprint density at radius 1 is 0.806 bits per heavy atom. The van der Waals surface area contributed by atoms with Gasteiger partial charge in [-0.25, -0.2) is 0 Å². The summed E-state index contributed by atoms with van der Waals surface area (Å²) in [5, 5.41) is 0. The molecule has 1 atom stereocenters. The van der Waals surface area contributed by atoms with Gasteiger partial charge >= 0.3 is 0 Å². The number of rotatable bonds is 8. The van der Waals surface area contributed by atoms with Gasteiger partial charge in [0.2, 0.25) is 0 Å². The average molecular weight is 414 g/mol. The van der Waals surface area contributed by atoms with Gasteiger partial charge in [-0.15, -0.1) is 0 Å². The van der Waals surface area contributed by atoms with Crippen molar-refractivity contribution >= 4 is 0 Å². The number of benzene rings is 3. The normalized spacial score (nSPS) is 19.5. The Morgan fingerprint density at radius 2 is 1.45 bits per heavy atom. The second-order valence-electron chi connectivity index (χ2n) is 8.85. The predicted octanol–water partition coefficient (Wildman–Crippen LogP) is 7.52. The fraction of sp³-hybridized carbons (Fsp3) is 0.345. The highest BCUT2D eigenvalue weighted by molar-refractivity contribution is 5.30. The molecule has 31 heavy (non-hydrogen) atoms. The van der Waals surface area contributed by atoms with Crippen LogP contribution >= 0.6 is 0 Å². The van der Waals surface area contributed by atoms with Gasteiger partial charge in [0.05, 0.1) is 6.10 Å². The van der Waals surface area contributed by atoms with E-state index in [1.807, 2.05) is 30.3 Å². The van der Waals surface area contributed by atoms with Crippen molar-refractivity contribution in [2.75, 3.05) is 0 Å². The summed E-state index contributed by atoms with van der Waals surface area (Å²) in [4.78, 5) is 0. The van der Waals surface area contributed by atoms with Gasteiger partial charge < -0.3 is 9.47 Å². The first-order chi connectivity index (χ1) is 15.2. The zero-order chi connectivity index (χ0) is 21.5. The third-order valence-electron chi connectivity index (χ3n) is 6.37. The average Bonchev–Trinajstić information content (AvgIpc) is 2.81. The van der Waals surface area contributed by atoms with Crippen molar-refractivity contribution in [1.29, 1.82) is 0 Å². The molecule has 0 heterocycles. The van der Waals surface area contributed by atoms with Crippen LogP contribution in [0.3, 0.4) is 0 Å². The molecule has 1 saturated carbocycles. The van der Waals surface area contributed by atoms with Crippen LogP contribution in [0.5, 0.6) is 11.5 Å². The summed E-state index contributed by atoms with van der Waals surface area (Å²) in [6.45, 7) is 6.95. The van der Waals surface area contributed by atoms with Crippen LogP contribution in [0.2, 0.25) is 0 Å². The van der Waals surface area contributed by atoms with Crippen molar-refractivity contribution in [1.82, 2.24) is 0 Å². The number of hydrogen-bond donors (Lipinski definition) is 0. The molecule has 0 aromatic heterocycles. The largest absolute Gasteiger partial charge is 0.490 e. The van der Waals surface area contributed by atoms with Gasteiger partial charge in [-0.2, -0.15) is 0 Å². The summed E-state index contributed by atoms with van der Waals surface area (Å²) in [7, 11) is 0. The van der Waals surface area contributed by atoms with Crippen LogP contribution in [-0.2, 0) is 6.61 Å². The van der Waals surface area contributed by atoms with Gasteiger partial charge in [-0.1, -0.05) is 60.2 Å². The fourth-order valence-corrected chi connectivity index (χ4v) is 4.54. The Morgan fingerprint density at radius 3 is 2.13 bits per heavy atom. The van der Waals surface area contributed by atoms with Crippen molar-refractivity contribution in [2.24, 2.45) is 5.92 Å². The van der Waals surface area contributed by atoms with E-state index < -0.39 is 0 Å². The van der Waals surface area contributed by atoms with E-state index >= 15 is 0 Å². The molecule has 3 aromatic rings. The minimum Gasteiger partial charge on any atom is -0.490 e. The first-order valence-electron chi connectivity index (χ1n) is 11.5. The molecule has 1 unspecified atom stereocenters. The van der Waals surface area contributed by atoms with Gasteiger partial charge in [0, 0.05) is 0 Å². The van der Waals surface area contributed by atoms with Gasteiger partial charge in [0.1, 0.15) is 18.1 Å². The van der Waals surface area contributed by atoms with Gasteiger partial charge in [-0.05, 0) is 93.2 Å². The smallest absolute Gasteiger partial charge is 0.119 e. The molecule has 1 aliphatic carbocycles. The molecule has 0 bridgehead atoms. The fourth-order valence-electron chi connectivity index (χ4n) is 4.54. The molecule has 2 heteroatoms. The minimum absolute atomic E-state index is 0.0188. The molecule has 0 saturated heterocycles. The maximum atomic E-state index is 6.03. The Hall–Kier alpha value is -2.74. The highest BCUT2D eigenvalue weighted by Crippen LogP contribution is 2.38. The standard InChI is InChI=1S/C29H33O2/c1-22-8-16-29(17-9-22)31-23(2)20-24-10-12-26(13-11-24)27-14-18-28(19-15-27)30-21-25-6-4-3-5-7-25/h3-9,14-19,23-24,26H,2,10-13,20-21H2,1H3. The number of hydrogen-bond acceptors (Lipinski definition) is 2. The molecule has 1 radical (unpaired) electrons. The second kappa shape index (κ2) is 10.5. The highest BCUT2D eigenvalue weighted by Gasteiger charge is 2.24. The van der Waals surface area contributed by atoms with Crippen LogP contribution in [0.15, 0.2) is 78.9 Å². The SMILES string of the molecule is [CH2]C(CC1CCC(c2ccc(OCc3ccccc3)cc2)CC1)Oc1ccc(C)cc1. The van der Waals surface area contributed by atoms with Gasteiger partial charge in [-0.3, -0.25) is 0 Å². The Bertz CT molecular complexity index is 907. The van der Waals surface area contributed by atoms with Crippen LogP contribution in [0.1, 0.15) is 54.7 Å². The molecular weight excluding hydrogens is 380 g/mol. The first-order valence-corrected chi connectivity index (χ1v) is 11.5. The van der Waals surface area contributed by atoms with E-state index in [0.29, 0.717) is 18.4 Å².